The highest BCUT2D eigenvalue weighted by molar-refractivity contribution is 6.04. The molecule has 5 rings (SSSR count). The van der Waals surface area contributed by atoms with Crippen molar-refractivity contribution in [1.82, 2.24) is 4.90 Å². The van der Waals surface area contributed by atoms with Crippen LogP contribution in [0.2, 0.25) is 0 Å². The van der Waals surface area contributed by atoms with Gasteiger partial charge in [0.2, 0.25) is 0 Å². The van der Waals surface area contributed by atoms with Gasteiger partial charge in [0.15, 0.2) is 0 Å². The van der Waals surface area contributed by atoms with E-state index < -0.39 is 17.8 Å². The van der Waals surface area contributed by atoms with Crippen LogP contribution in [0.25, 0.3) is 0 Å². The predicted molar refractivity (Wildman–Crippen MR) is 137 cm³/mol. The molecular weight excluding hydrogens is 481 g/mol. The first kappa shape index (κ1) is 24.7. The highest BCUT2D eigenvalue weighted by Crippen LogP contribution is 2.35. The summed E-state index contributed by atoms with van der Waals surface area (Å²) in [6.07, 6.45) is -1.86. The van der Waals surface area contributed by atoms with E-state index in [2.05, 4.69) is 27.7 Å². The second-order valence-corrected chi connectivity index (χ2v) is 9.29. The van der Waals surface area contributed by atoms with Crippen LogP contribution in [0.5, 0.6) is 0 Å². The van der Waals surface area contributed by atoms with Gasteiger partial charge in [-0.3, -0.25) is 4.79 Å². The molecule has 0 bridgehead atoms. The summed E-state index contributed by atoms with van der Waals surface area (Å²) in [5.41, 5.74) is 2.79. The van der Waals surface area contributed by atoms with E-state index in [4.69, 9.17) is 0 Å². The van der Waals surface area contributed by atoms with E-state index in [1.54, 1.807) is 23.1 Å². The van der Waals surface area contributed by atoms with Crippen LogP contribution in [0.4, 0.5) is 35.0 Å². The molecule has 2 aliphatic heterocycles. The maximum absolute atomic E-state index is 13.5. The number of nitrogens with zero attached hydrogens (tertiary/aromatic N) is 2. The molecule has 37 heavy (non-hydrogen) atoms. The van der Waals surface area contributed by atoms with Crippen molar-refractivity contribution in [2.24, 2.45) is 0 Å². The van der Waals surface area contributed by atoms with Crippen LogP contribution in [0.3, 0.4) is 0 Å². The Morgan fingerprint density at radius 2 is 1.51 bits per heavy atom. The van der Waals surface area contributed by atoms with Crippen molar-refractivity contribution in [2.75, 3.05) is 35.2 Å². The number of fused-ring (bicyclic) bond motifs is 1. The Labute approximate surface area is 213 Å². The lowest BCUT2D eigenvalue weighted by Gasteiger charge is -2.33. The average Bonchev–Trinajstić information content (AvgIpc) is 3.43. The maximum Gasteiger partial charge on any atom is 0.418 e. The molecule has 3 amide bonds. The zero-order valence-corrected chi connectivity index (χ0v) is 20.1. The van der Waals surface area contributed by atoms with Gasteiger partial charge in [0.25, 0.3) is 5.91 Å². The zero-order chi connectivity index (χ0) is 26.0. The second-order valence-electron chi connectivity index (χ2n) is 9.29. The van der Waals surface area contributed by atoms with Gasteiger partial charge in [-0.2, -0.15) is 13.2 Å². The van der Waals surface area contributed by atoms with Crippen LogP contribution < -0.4 is 15.5 Å². The number of alkyl halides is 3. The van der Waals surface area contributed by atoms with Gasteiger partial charge in [-0.1, -0.05) is 36.4 Å². The topological polar surface area (TPSA) is 64.7 Å². The molecule has 192 valence electrons. The Morgan fingerprint density at radius 3 is 2.27 bits per heavy atom. The number of anilines is 3. The number of rotatable bonds is 4. The summed E-state index contributed by atoms with van der Waals surface area (Å²) >= 11 is 0. The molecule has 2 heterocycles. The van der Waals surface area contributed by atoms with E-state index in [0.717, 1.165) is 37.6 Å². The van der Waals surface area contributed by atoms with Crippen molar-refractivity contribution >= 4 is 29.0 Å². The molecule has 0 aliphatic carbocycles. The minimum Gasteiger partial charge on any atom is -0.366 e. The molecule has 0 atom stereocenters. The van der Waals surface area contributed by atoms with Crippen molar-refractivity contribution in [3.63, 3.8) is 0 Å². The SMILES string of the molecule is O=C(Nc1ccc(N2CCc3ccccc3C2)c(C(=O)N2CCCC2)c1)Nc1ccccc1C(F)(F)F. The smallest absolute Gasteiger partial charge is 0.366 e. The lowest BCUT2D eigenvalue weighted by atomic mass is 9.98. The minimum atomic E-state index is -4.60. The highest BCUT2D eigenvalue weighted by Gasteiger charge is 2.33. The number of nitrogens with one attached hydrogen (secondary N) is 2. The summed E-state index contributed by atoms with van der Waals surface area (Å²) < 4.78 is 39.9. The van der Waals surface area contributed by atoms with E-state index in [1.807, 2.05) is 12.1 Å². The molecule has 2 N–H and O–H groups in total. The minimum absolute atomic E-state index is 0.113. The summed E-state index contributed by atoms with van der Waals surface area (Å²) in [6.45, 7) is 2.76. The normalized spacial score (nSPS) is 15.3. The molecule has 3 aromatic carbocycles. The number of urea groups is 1. The first-order valence-electron chi connectivity index (χ1n) is 12.3. The van der Waals surface area contributed by atoms with Crippen LogP contribution in [-0.2, 0) is 19.1 Å². The van der Waals surface area contributed by atoms with Gasteiger partial charge >= 0.3 is 12.2 Å². The molecule has 1 saturated heterocycles. The number of hydrogen-bond acceptors (Lipinski definition) is 3. The fourth-order valence-electron chi connectivity index (χ4n) is 4.98. The molecule has 0 unspecified atom stereocenters. The molecule has 3 aromatic rings. The quantitative estimate of drug-likeness (QED) is 0.445. The highest BCUT2D eigenvalue weighted by atomic mass is 19.4. The fourth-order valence-corrected chi connectivity index (χ4v) is 4.98. The molecule has 9 heteroatoms. The summed E-state index contributed by atoms with van der Waals surface area (Å²) in [5.74, 6) is -0.113. The van der Waals surface area contributed by atoms with Gasteiger partial charge in [-0.05, 0) is 60.7 Å². The number of halogens is 3. The van der Waals surface area contributed by atoms with Crippen LogP contribution >= 0.6 is 0 Å². The van der Waals surface area contributed by atoms with E-state index in [9.17, 15) is 22.8 Å². The number of hydrogen-bond donors (Lipinski definition) is 2. The standard InChI is InChI=1S/C28H27F3N4O2/c29-28(30,31)23-9-3-4-10-24(23)33-27(37)32-21-11-12-25(22(17-21)26(36)34-14-5-6-15-34)35-16-13-19-7-1-2-8-20(19)18-35/h1-4,7-12,17H,5-6,13-16,18H2,(H2,32,33,37). The second kappa shape index (κ2) is 10.2. The molecule has 2 aliphatic rings. The summed E-state index contributed by atoms with van der Waals surface area (Å²) in [6, 6.07) is 17.3. The largest absolute Gasteiger partial charge is 0.418 e. The van der Waals surface area contributed by atoms with Gasteiger partial charge in [0.1, 0.15) is 0 Å². The molecule has 1 fully saturated rings. The average molecular weight is 509 g/mol. The summed E-state index contributed by atoms with van der Waals surface area (Å²) in [4.78, 5) is 30.1. The van der Waals surface area contributed by atoms with E-state index in [0.29, 0.717) is 30.9 Å². The third kappa shape index (κ3) is 5.40. The van der Waals surface area contributed by atoms with Crippen molar-refractivity contribution in [1.29, 1.82) is 0 Å². The fraction of sp³-hybridized carbons (Fsp3) is 0.286. The van der Waals surface area contributed by atoms with Gasteiger partial charge in [-0.15, -0.1) is 0 Å². The van der Waals surface area contributed by atoms with Gasteiger partial charge < -0.3 is 20.4 Å². The molecule has 0 radical (unpaired) electrons. The number of benzene rings is 3. The van der Waals surface area contributed by atoms with Gasteiger partial charge in [-0.25, -0.2) is 4.79 Å². The lowest BCUT2D eigenvalue weighted by molar-refractivity contribution is -0.136. The lowest BCUT2D eigenvalue weighted by Crippen LogP contribution is -2.34. The molecule has 0 saturated carbocycles. The van der Waals surface area contributed by atoms with Crippen LogP contribution in [0.15, 0.2) is 66.7 Å². The van der Waals surface area contributed by atoms with Crippen molar-refractivity contribution in [2.45, 2.75) is 32.0 Å². The van der Waals surface area contributed by atoms with Crippen molar-refractivity contribution in [3.8, 4) is 0 Å². The molecular formula is C28H27F3N4O2. The third-order valence-corrected chi connectivity index (χ3v) is 6.83. The Balaban J connectivity index is 1.40. The Bertz CT molecular complexity index is 1320. The van der Waals surface area contributed by atoms with E-state index in [-0.39, 0.29) is 11.6 Å². The predicted octanol–water partition coefficient (Wildman–Crippen LogP) is 6.15. The monoisotopic (exact) mass is 508 g/mol. The van der Waals surface area contributed by atoms with Crippen LogP contribution in [-0.4, -0.2) is 36.5 Å². The zero-order valence-electron chi connectivity index (χ0n) is 20.1. The van der Waals surface area contributed by atoms with Crippen molar-refractivity contribution < 1.29 is 22.8 Å². The molecule has 0 spiro atoms. The summed E-state index contributed by atoms with van der Waals surface area (Å²) in [5, 5.41) is 4.88. The van der Waals surface area contributed by atoms with Crippen LogP contribution in [0, 0.1) is 0 Å². The Hall–Kier alpha value is -4.01. The number of amides is 3. The van der Waals surface area contributed by atoms with Gasteiger partial charge in [0.05, 0.1) is 16.8 Å². The molecule has 0 aromatic heterocycles. The Kier molecular flexibility index (Phi) is 6.78. The van der Waals surface area contributed by atoms with E-state index in [1.165, 1.54) is 29.3 Å². The first-order valence-corrected chi connectivity index (χ1v) is 12.3. The third-order valence-electron chi connectivity index (χ3n) is 6.83. The van der Waals surface area contributed by atoms with Crippen molar-refractivity contribution in [3.05, 3.63) is 89.0 Å². The maximum atomic E-state index is 13.5. The number of para-hydroxylation sites is 1. The van der Waals surface area contributed by atoms with E-state index >= 15 is 0 Å². The number of carbonyl (C=O) groups is 2. The van der Waals surface area contributed by atoms with Crippen LogP contribution in [0.1, 0.15) is 39.9 Å². The number of carbonyl (C=O) groups excluding carboxylic acids is 2. The Morgan fingerprint density at radius 1 is 0.811 bits per heavy atom. The molecule has 6 nitrogen and oxygen atoms in total. The number of likely N-dealkylation sites (tertiary alicyclic amines) is 1. The summed E-state index contributed by atoms with van der Waals surface area (Å²) in [7, 11) is 0. The first-order chi connectivity index (χ1) is 17.8. The van der Waals surface area contributed by atoms with Gasteiger partial charge in [0, 0.05) is 37.6 Å².